The highest BCUT2D eigenvalue weighted by atomic mass is 79.9. The van der Waals surface area contributed by atoms with E-state index in [4.69, 9.17) is 9.15 Å². The number of carbonyl (C=O) groups is 2. The minimum atomic E-state index is -0.298. The Bertz CT molecular complexity index is 837. The number of hydrogen-bond donors (Lipinski definition) is 1. The summed E-state index contributed by atoms with van der Waals surface area (Å²) in [5, 5.41) is 2.81. The van der Waals surface area contributed by atoms with Crippen molar-refractivity contribution in [3.8, 4) is 0 Å². The van der Waals surface area contributed by atoms with Gasteiger partial charge in [-0.25, -0.2) is 4.79 Å². The summed E-state index contributed by atoms with van der Waals surface area (Å²) in [5.41, 5.74) is 1.75. The van der Waals surface area contributed by atoms with Crippen molar-refractivity contribution >= 4 is 39.3 Å². The van der Waals surface area contributed by atoms with E-state index in [0.29, 0.717) is 17.0 Å². The number of benzene rings is 1. The summed E-state index contributed by atoms with van der Waals surface area (Å²) in [4.78, 5) is 28.2. The minimum Gasteiger partial charge on any atom is -0.449 e. The molecule has 1 aromatic heterocycles. The molecule has 2 heterocycles. The van der Waals surface area contributed by atoms with Crippen LogP contribution in [0.25, 0.3) is 0 Å². The van der Waals surface area contributed by atoms with Gasteiger partial charge in [-0.15, -0.1) is 0 Å². The minimum absolute atomic E-state index is 0.126. The first-order chi connectivity index (χ1) is 14.0. The molecule has 1 saturated heterocycles. The zero-order valence-electron chi connectivity index (χ0n) is 16.7. The molecule has 1 aromatic carbocycles. The van der Waals surface area contributed by atoms with E-state index in [1.54, 1.807) is 24.1 Å². The van der Waals surface area contributed by atoms with Crippen molar-refractivity contribution in [1.29, 1.82) is 0 Å². The van der Waals surface area contributed by atoms with E-state index in [1.165, 1.54) is 0 Å². The number of ether oxygens (including phenoxy) is 1. The van der Waals surface area contributed by atoms with Gasteiger partial charge in [-0.1, -0.05) is 13.3 Å². The second-order valence-corrected chi connectivity index (χ2v) is 7.85. The third-order valence-electron chi connectivity index (χ3n) is 5.01. The maximum Gasteiger partial charge on any atom is 0.409 e. The summed E-state index contributed by atoms with van der Waals surface area (Å²) < 4.78 is 11.1. The molecule has 2 aromatic rings. The van der Waals surface area contributed by atoms with Gasteiger partial charge in [0.2, 0.25) is 0 Å². The van der Waals surface area contributed by atoms with Gasteiger partial charge < -0.3 is 24.3 Å². The van der Waals surface area contributed by atoms with Gasteiger partial charge in [0.05, 0.1) is 12.6 Å². The van der Waals surface area contributed by atoms with E-state index >= 15 is 0 Å². The number of likely N-dealkylation sites (N-methyl/N-ethyl adjacent to an activating group) is 1. The van der Waals surface area contributed by atoms with Crippen molar-refractivity contribution in [3.05, 3.63) is 46.8 Å². The molecule has 156 valence electrons. The molecular weight excluding hydrogens is 438 g/mol. The molecule has 1 atom stereocenters. The Balaban J connectivity index is 1.52. The number of rotatable bonds is 7. The van der Waals surface area contributed by atoms with Crippen LogP contribution in [0, 0.1) is 0 Å². The van der Waals surface area contributed by atoms with Crippen molar-refractivity contribution in [2.24, 2.45) is 0 Å². The third-order valence-corrected chi connectivity index (χ3v) is 5.44. The molecule has 1 fully saturated rings. The lowest BCUT2D eigenvalue weighted by molar-refractivity contribution is 0.0982. The van der Waals surface area contributed by atoms with Crippen LogP contribution in [-0.4, -0.2) is 49.7 Å². The lowest BCUT2D eigenvalue weighted by atomic mass is 10.2. The van der Waals surface area contributed by atoms with Gasteiger partial charge in [-0.3, -0.25) is 4.79 Å². The van der Waals surface area contributed by atoms with Crippen molar-refractivity contribution in [1.82, 2.24) is 4.90 Å². The number of halogens is 1. The molecule has 0 spiro atoms. The molecule has 7 nitrogen and oxygen atoms in total. The average molecular weight is 464 g/mol. The van der Waals surface area contributed by atoms with Crippen LogP contribution in [0.3, 0.4) is 0 Å². The van der Waals surface area contributed by atoms with Crippen LogP contribution in [0.1, 0.15) is 36.7 Å². The number of amides is 2. The summed E-state index contributed by atoms with van der Waals surface area (Å²) >= 11 is 3.19. The van der Waals surface area contributed by atoms with Gasteiger partial charge in [-0.2, -0.15) is 0 Å². The van der Waals surface area contributed by atoms with E-state index in [2.05, 4.69) is 33.1 Å². The molecule has 0 bridgehead atoms. The fourth-order valence-electron chi connectivity index (χ4n) is 3.23. The Hall–Kier alpha value is -2.48. The SMILES string of the molecule is CCCCOC(=O)N(C)C1CCN(c2ccc(NC(=O)c3ccc(Br)o3)cc2)C1. The van der Waals surface area contributed by atoms with Crippen LogP contribution < -0.4 is 10.2 Å². The Labute approximate surface area is 179 Å². The lowest BCUT2D eigenvalue weighted by Crippen LogP contribution is -2.39. The van der Waals surface area contributed by atoms with Crippen LogP contribution in [0.5, 0.6) is 0 Å². The van der Waals surface area contributed by atoms with Crippen LogP contribution in [0.4, 0.5) is 16.2 Å². The molecule has 0 saturated carbocycles. The van der Waals surface area contributed by atoms with E-state index < -0.39 is 0 Å². The molecular formula is C21H26BrN3O4. The first-order valence-electron chi connectivity index (χ1n) is 9.79. The molecule has 0 aliphatic carbocycles. The highest BCUT2D eigenvalue weighted by Gasteiger charge is 2.29. The van der Waals surface area contributed by atoms with Crippen molar-refractivity contribution < 1.29 is 18.7 Å². The predicted molar refractivity (Wildman–Crippen MR) is 115 cm³/mol. The van der Waals surface area contributed by atoms with E-state index in [-0.39, 0.29) is 23.8 Å². The number of carbonyl (C=O) groups excluding carboxylic acids is 2. The number of nitrogens with one attached hydrogen (secondary N) is 1. The first-order valence-corrected chi connectivity index (χ1v) is 10.6. The van der Waals surface area contributed by atoms with Gasteiger partial charge in [0, 0.05) is 31.5 Å². The van der Waals surface area contributed by atoms with E-state index in [9.17, 15) is 9.59 Å². The zero-order valence-corrected chi connectivity index (χ0v) is 18.3. The largest absolute Gasteiger partial charge is 0.449 e. The van der Waals surface area contributed by atoms with Gasteiger partial charge >= 0.3 is 6.09 Å². The van der Waals surface area contributed by atoms with Crippen molar-refractivity contribution in [2.45, 2.75) is 32.2 Å². The normalized spacial score (nSPS) is 16.0. The molecule has 3 rings (SSSR count). The topological polar surface area (TPSA) is 75.0 Å². The highest BCUT2D eigenvalue weighted by molar-refractivity contribution is 9.10. The van der Waals surface area contributed by atoms with E-state index in [1.807, 2.05) is 24.3 Å². The van der Waals surface area contributed by atoms with Crippen molar-refractivity contribution in [2.75, 3.05) is 37.0 Å². The molecule has 1 aliphatic heterocycles. The summed E-state index contributed by atoms with van der Waals surface area (Å²) in [6, 6.07) is 11.1. The molecule has 1 unspecified atom stereocenters. The highest BCUT2D eigenvalue weighted by Crippen LogP contribution is 2.25. The van der Waals surface area contributed by atoms with Gasteiger partial charge in [0.1, 0.15) is 0 Å². The molecule has 1 aliphatic rings. The summed E-state index contributed by atoms with van der Waals surface area (Å²) in [6.45, 7) is 4.16. The Morgan fingerprint density at radius 2 is 2.03 bits per heavy atom. The predicted octanol–water partition coefficient (Wildman–Crippen LogP) is 4.74. The lowest BCUT2D eigenvalue weighted by Gasteiger charge is -2.25. The average Bonchev–Trinajstić information content (AvgIpc) is 3.37. The number of hydrogen-bond acceptors (Lipinski definition) is 5. The Kier molecular flexibility index (Phi) is 7.19. The zero-order chi connectivity index (χ0) is 20.8. The van der Waals surface area contributed by atoms with Gasteiger partial charge in [0.15, 0.2) is 10.4 Å². The fourth-order valence-corrected chi connectivity index (χ4v) is 3.54. The number of anilines is 2. The summed E-state index contributed by atoms with van der Waals surface area (Å²) in [6.07, 6.45) is 2.53. The second kappa shape index (κ2) is 9.82. The monoisotopic (exact) mass is 463 g/mol. The van der Waals surface area contributed by atoms with Crippen LogP contribution in [0.2, 0.25) is 0 Å². The number of unbranched alkanes of at least 4 members (excludes halogenated alkanes) is 1. The second-order valence-electron chi connectivity index (χ2n) is 7.07. The van der Waals surface area contributed by atoms with E-state index in [0.717, 1.165) is 38.0 Å². The smallest absolute Gasteiger partial charge is 0.409 e. The van der Waals surface area contributed by atoms with Crippen LogP contribution in [0.15, 0.2) is 45.5 Å². The number of furan rings is 1. The molecule has 1 N–H and O–H groups in total. The first kappa shape index (κ1) is 21.2. The van der Waals surface area contributed by atoms with Crippen LogP contribution in [-0.2, 0) is 4.74 Å². The molecule has 2 amide bonds. The Morgan fingerprint density at radius 3 is 2.69 bits per heavy atom. The molecule has 8 heteroatoms. The molecule has 0 radical (unpaired) electrons. The standard InChI is InChI=1S/C21H26BrN3O4/c1-3-4-13-28-21(27)24(2)17-11-12-25(14-17)16-7-5-15(6-8-16)23-20(26)18-9-10-19(22)29-18/h5-10,17H,3-4,11-14H2,1-2H3,(H,23,26). The quantitative estimate of drug-likeness (QED) is 0.600. The maximum atomic E-state index is 12.2. The maximum absolute atomic E-state index is 12.2. The van der Waals surface area contributed by atoms with Crippen molar-refractivity contribution in [3.63, 3.8) is 0 Å². The van der Waals surface area contributed by atoms with Gasteiger partial charge in [0.25, 0.3) is 5.91 Å². The summed E-state index contributed by atoms with van der Waals surface area (Å²) in [5.74, 6) is -0.0508. The van der Waals surface area contributed by atoms with Crippen LogP contribution >= 0.6 is 15.9 Å². The summed E-state index contributed by atoms with van der Waals surface area (Å²) in [7, 11) is 1.80. The third kappa shape index (κ3) is 5.53. The molecule has 29 heavy (non-hydrogen) atoms. The van der Waals surface area contributed by atoms with Gasteiger partial charge in [-0.05, 0) is 65.2 Å². The number of nitrogens with zero attached hydrogens (tertiary/aromatic N) is 2. The Morgan fingerprint density at radius 1 is 1.28 bits per heavy atom. The fraction of sp³-hybridized carbons (Fsp3) is 0.429.